The monoisotopic (exact) mass is 227 g/mol. The molecule has 2 rings (SSSR count). The van der Waals surface area contributed by atoms with Crippen LogP contribution in [0.3, 0.4) is 0 Å². The Morgan fingerprint density at radius 1 is 1.31 bits per heavy atom. The Labute approximate surface area is 96.6 Å². The molecule has 0 radical (unpaired) electrons. The van der Waals surface area contributed by atoms with Crippen molar-refractivity contribution in [3.05, 3.63) is 0 Å². The zero-order chi connectivity index (χ0) is 11.4. The summed E-state index contributed by atoms with van der Waals surface area (Å²) in [5.41, 5.74) is 0. The second-order valence-corrected chi connectivity index (χ2v) is 4.93. The van der Waals surface area contributed by atoms with Crippen LogP contribution in [0.1, 0.15) is 32.1 Å². The minimum absolute atomic E-state index is 0.261. The van der Waals surface area contributed by atoms with Crippen LogP contribution in [0.4, 0.5) is 0 Å². The summed E-state index contributed by atoms with van der Waals surface area (Å²) in [5.74, 6) is -0.110. The van der Waals surface area contributed by atoms with Crippen LogP contribution in [0.2, 0.25) is 0 Å². The van der Waals surface area contributed by atoms with Crippen LogP contribution < -0.4 is 0 Å². The lowest BCUT2D eigenvalue weighted by atomic mass is 10.1. The summed E-state index contributed by atoms with van der Waals surface area (Å²) in [5, 5.41) is 9.23. The van der Waals surface area contributed by atoms with Gasteiger partial charge in [-0.05, 0) is 31.7 Å². The average molecular weight is 227 g/mol. The topological polar surface area (TPSA) is 49.8 Å². The lowest BCUT2D eigenvalue weighted by Gasteiger charge is -2.28. The van der Waals surface area contributed by atoms with Crippen molar-refractivity contribution in [3.63, 3.8) is 0 Å². The normalized spacial score (nSPS) is 32.5. The molecule has 2 atom stereocenters. The van der Waals surface area contributed by atoms with Gasteiger partial charge in [-0.2, -0.15) is 0 Å². The van der Waals surface area contributed by atoms with E-state index in [1.54, 1.807) is 0 Å². The highest BCUT2D eigenvalue weighted by Gasteiger charge is 2.29. The fraction of sp³-hybridized carbons (Fsp3) is 0.917. The zero-order valence-electron chi connectivity index (χ0n) is 9.73. The molecule has 16 heavy (non-hydrogen) atoms. The van der Waals surface area contributed by atoms with Gasteiger partial charge in [-0.25, -0.2) is 0 Å². The van der Waals surface area contributed by atoms with Crippen molar-refractivity contribution in [2.24, 2.45) is 5.92 Å². The molecule has 2 unspecified atom stereocenters. The number of carbonyl (C=O) groups is 1. The molecule has 4 heteroatoms. The van der Waals surface area contributed by atoms with E-state index in [0.29, 0.717) is 5.92 Å². The molecule has 0 aromatic heterocycles. The van der Waals surface area contributed by atoms with Crippen LogP contribution in [0, 0.1) is 5.92 Å². The van der Waals surface area contributed by atoms with E-state index in [9.17, 15) is 9.90 Å². The number of hydrogen-bond acceptors (Lipinski definition) is 3. The molecule has 2 aliphatic rings. The first kappa shape index (κ1) is 11.9. The van der Waals surface area contributed by atoms with Crippen molar-refractivity contribution in [2.75, 3.05) is 26.3 Å². The van der Waals surface area contributed by atoms with Gasteiger partial charge < -0.3 is 9.84 Å². The second kappa shape index (κ2) is 5.64. The number of ether oxygens (including phenoxy) is 1. The third-order valence-electron chi connectivity index (χ3n) is 3.67. The van der Waals surface area contributed by atoms with Gasteiger partial charge in [-0.3, -0.25) is 9.69 Å². The van der Waals surface area contributed by atoms with Crippen LogP contribution in [0.25, 0.3) is 0 Å². The lowest BCUT2D eigenvalue weighted by molar-refractivity contribution is -0.143. The molecule has 0 saturated carbocycles. The lowest BCUT2D eigenvalue weighted by Crippen LogP contribution is -2.43. The fourth-order valence-corrected chi connectivity index (χ4v) is 2.72. The molecule has 2 aliphatic heterocycles. The molecule has 92 valence electrons. The Morgan fingerprint density at radius 2 is 2.19 bits per heavy atom. The van der Waals surface area contributed by atoms with E-state index in [4.69, 9.17) is 4.74 Å². The first-order valence-corrected chi connectivity index (χ1v) is 6.32. The van der Waals surface area contributed by atoms with Crippen LogP contribution in [-0.4, -0.2) is 48.3 Å². The highest BCUT2D eigenvalue weighted by atomic mass is 16.5. The van der Waals surface area contributed by atoms with Crippen molar-refractivity contribution in [1.82, 2.24) is 4.90 Å². The highest BCUT2D eigenvalue weighted by molar-refractivity contribution is 5.73. The second-order valence-electron chi connectivity index (χ2n) is 4.93. The molecule has 4 nitrogen and oxygen atoms in total. The molecule has 0 aromatic rings. The SMILES string of the molecule is O=C(O)C1CCCCCN1CC1CCOC1. The predicted octanol–water partition coefficient (Wildman–Crippen LogP) is 1.35. The maximum Gasteiger partial charge on any atom is 0.320 e. The summed E-state index contributed by atoms with van der Waals surface area (Å²) in [4.78, 5) is 13.4. The van der Waals surface area contributed by atoms with Gasteiger partial charge in [0.05, 0.1) is 6.61 Å². The summed E-state index contributed by atoms with van der Waals surface area (Å²) in [7, 11) is 0. The van der Waals surface area contributed by atoms with Gasteiger partial charge in [0.1, 0.15) is 6.04 Å². The van der Waals surface area contributed by atoms with Crippen molar-refractivity contribution < 1.29 is 14.6 Å². The zero-order valence-corrected chi connectivity index (χ0v) is 9.73. The van der Waals surface area contributed by atoms with E-state index < -0.39 is 5.97 Å². The van der Waals surface area contributed by atoms with E-state index in [2.05, 4.69) is 4.90 Å². The summed E-state index contributed by atoms with van der Waals surface area (Å²) in [6.07, 6.45) is 5.25. The number of carboxylic acids is 1. The van der Waals surface area contributed by atoms with Crippen LogP contribution in [0.5, 0.6) is 0 Å². The number of rotatable bonds is 3. The predicted molar refractivity (Wildman–Crippen MR) is 60.4 cm³/mol. The third-order valence-corrected chi connectivity index (χ3v) is 3.67. The minimum atomic E-state index is -0.652. The molecule has 2 saturated heterocycles. The van der Waals surface area contributed by atoms with E-state index in [0.717, 1.165) is 52.0 Å². The molecule has 0 aromatic carbocycles. The molecule has 0 amide bonds. The largest absolute Gasteiger partial charge is 0.480 e. The van der Waals surface area contributed by atoms with Gasteiger partial charge in [-0.1, -0.05) is 12.8 Å². The first-order valence-electron chi connectivity index (χ1n) is 6.32. The maximum atomic E-state index is 11.2. The van der Waals surface area contributed by atoms with Gasteiger partial charge in [0.15, 0.2) is 0 Å². The summed E-state index contributed by atoms with van der Waals surface area (Å²) in [6.45, 7) is 3.49. The molecule has 2 fully saturated rings. The standard InChI is InChI=1S/C12H21NO3/c14-12(15)11-4-2-1-3-6-13(11)8-10-5-7-16-9-10/h10-11H,1-9H2,(H,14,15). The minimum Gasteiger partial charge on any atom is -0.480 e. The molecular formula is C12H21NO3. The van der Waals surface area contributed by atoms with Gasteiger partial charge in [-0.15, -0.1) is 0 Å². The summed E-state index contributed by atoms with van der Waals surface area (Å²) < 4.78 is 5.35. The highest BCUT2D eigenvalue weighted by Crippen LogP contribution is 2.21. The molecule has 0 bridgehead atoms. The Bertz CT molecular complexity index is 238. The van der Waals surface area contributed by atoms with Crippen molar-refractivity contribution in [3.8, 4) is 0 Å². The third kappa shape index (κ3) is 2.95. The molecule has 2 heterocycles. The molecule has 1 N–H and O–H groups in total. The number of nitrogens with zero attached hydrogens (tertiary/aromatic N) is 1. The molecule has 0 spiro atoms. The Kier molecular flexibility index (Phi) is 4.18. The molecule has 0 aliphatic carbocycles. The van der Waals surface area contributed by atoms with Crippen LogP contribution in [0.15, 0.2) is 0 Å². The molecular weight excluding hydrogens is 206 g/mol. The van der Waals surface area contributed by atoms with Gasteiger partial charge in [0, 0.05) is 13.2 Å². The Balaban J connectivity index is 1.93. The smallest absolute Gasteiger partial charge is 0.320 e. The van der Waals surface area contributed by atoms with Crippen LogP contribution in [-0.2, 0) is 9.53 Å². The first-order chi connectivity index (χ1) is 7.77. The van der Waals surface area contributed by atoms with Crippen molar-refractivity contribution in [2.45, 2.75) is 38.1 Å². The van der Waals surface area contributed by atoms with Crippen molar-refractivity contribution >= 4 is 5.97 Å². The van der Waals surface area contributed by atoms with E-state index in [1.807, 2.05) is 0 Å². The summed E-state index contributed by atoms with van der Waals surface area (Å²) in [6, 6.07) is -0.261. The van der Waals surface area contributed by atoms with E-state index in [-0.39, 0.29) is 6.04 Å². The number of aliphatic carboxylic acids is 1. The Morgan fingerprint density at radius 3 is 2.88 bits per heavy atom. The summed E-state index contributed by atoms with van der Waals surface area (Å²) >= 11 is 0. The van der Waals surface area contributed by atoms with Gasteiger partial charge >= 0.3 is 5.97 Å². The van der Waals surface area contributed by atoms with Gasteiger partial charge in [0.25, 0.3) is 0 Å². The quantitative estimate of drug-likeness (QED) is 0.790. The van der Waals surface area contributed by atoms with Gasteiger partial charge in [0.2, 0.25) is 0 Å². The number of hydrogen-bond donors (Lipinski definition) is 1. The average Bonchev–Trinajstić information content (AvgIpc) is 2.63. The fourth-order valence-electron chi connectivity index (χ4n) is 2.72. The van der Waals surface area contributed by atoms with Crippen molar-refractivity contribution in [1.29, 1.82) is 0 Å². The van der Waals surface area contributed by atoms with E-state index in [1.165, 1.54) is 6.42 Å². The van der Waals surface area contributed by atoms with E-state index >= 15 is 0 Å². The van der Waals surface area contributed by atoms with Crippen LogP contribution >= 0.6 is 0 Å². The maximum absolute atomic E-state index is 11.2. The number of likely N-dealkylation sites (tertiary alicyclic amines) is 1. The number of carboxylic acid groups (broad SMARTS) is 1. The Hall–Kier alpha value is -0.610.